The van der Waals surface area contributed by atoms with Gasteiger partial charge in [0.25, 0.3) is 0 Å². The first-order valence-corrected chi connectivity index (χ1v) is 18.5. The van der Waals surface area contributed by atoms with Crippen LogP contribution in [-0.2, 0) is 0 Å². The molecule has 0 bridgehead atoms. The summed E-state index contributed by atoms with van der Waals surface area (Å²) >= 11 is 0. The maximum Gasteiger partial charge on any atom is 0.187 e. The maximum atomic E-state index is 7.43. The molecule has 8 aromatic carbocycles. The van der Waals surface area contributed by atoms with E-state index in [0.29, 0.717) is 23.2 Å². The van der Waals surface area contributed by atoms with Gasteiger partial charge in [0.15, 0.2) is 23.2 Å². The largest absolute Gasteiger partial charge is 0.256 e. The quantitative estimate of drug-likeness (QED) is 0.127. The van der Waals surface area contributed by atoms with Gasteiger partial charge in [-0.05, 0) is 73.6 Å². The zero-order chi connectivity index (χ0) is 37.4. The molecule has 2 heterocycles. The van der Waals surface area contributed by atoms with Crippen LogP contribution in [0.3, 0.4) is 0 Å². The van der Waals surface area contributed by atoms with E-state index in [4.69, 9.17) is 26.5 Å². The highest BCUT2D eigenvalue weighted by atomic mass is 15.0. The molecule has 0 saturated carbocycles. The van der Waals surface area contributed by atoms with Crippen LogP contribution in [-0.4, -0.2) is 19.9 Å². The van der Waals surface area contributed by atoms with Gasteiger partial charge in [-0.25, -0.2) is 19.8 Å². The Labute approximate surface area is 324 Å². The van der Waals surface area contributed by atoms with Crippen molar-refractivity contribution in [2.45, 2.75) is 0 Å². The fourth-order valence-corrected chi connectivity index (χ4v) is 7.62. The number of pyridine rings is 1. The molecule has 10 aromatic rings. The van der Waals surface area contributed by atoms with E-state index in [9.17, 15) is 0 Å². The van der Waals surface area contributed by atoms with Crippen LogP contribution in [0.2, 0.25) is 0 Å². The van der Waals surface area contributed by atoms with Gasteiger partial charge in [-0.1, -0.05) is 158 Å². The first kappa shape index (κ1) is 32.8. The average Bonchev–Trinajstić information content (AvgIpc) is 3.29. The third-order valence-corrected chi connectivity index (χ3v) is 10.4. The van der Waals surface area contributed by atoms with Crippen molar-refractivity contribution in [1.29, 1.82) is 0 Å². The number of hydrogen-bond donors (Lipinski definition) is 0. The Morgan fingerprint density at radius 1 is 0.339 bits per heavy atom. The summed E-state index contributed by atoms with van der Waals surface area (Å²) in [4.78, 5) is 23.6. The predicted octanol–water partition coefficient (Wildman–Crippen LogP) is 13.3. The first-order chi connectivity index (χ1) is 27.7. The minimum absolute atomic E-state index is 0.608. The van der Waals surface area contributed by atoms with Crippen molar-refractivity contribution in [2.24, 2.45) is 0 Å². The maximum absolute atomic E-state index is 7.43. The van der Waals surface area contributed by atoms with Crippen molar-refractivity contribution in [3.05, 3.63) is 200 Å². The third kappa shape index (κ3) is 5.92. The molecule has 0 atom stereocenters. The van der Waals surface area contributed by atoms with Gasteiger partial charge in [-0.15, -0.1) is 0 Å². The molecular formula is C51H31N5. The van der Waals surface area contributed by atoms with Crippen LogP contribution in [0.4, 0.5) is 5.69 Å². The van der Waals surface area contributed by atoms with E-state index in [1.165, 1.54) is 0 Å². The topological polar surface area (TPSA) is 55.9 Å². The van der Waals surface area contributed by atoms with Crippen molar-refractivity contribution in [3.8, 4) is 67.5 Å². The fraction of sp³-hybridized carbons (Fsp3) is 0. The molecule has 0 saturated heterocycles. The molecule has 2 aromatic heterocycles. The molecule has 0 radical (unpaired) electrons. The van der Waals surface area contributed by atoms with Crippen molar-refractivity contribution in [1.82, 2.24) is 19.9 Å². The summed E-state index contributed by atoms with van der Waals surface area (Å²) in [6.07, 6.45) is 1.85. The standard InChI is InChI=1S/C51H31N5/c1-52-40-27-25-35(26-28-40)45-32-46-42-19-9-8-18-41(42)44(31-47(46)43-20-11-29-53-48(43)45)38-16-10-17-39(30-38)51-55-49(36-14-6-3-7-15-36)54-50(56-51)37-23-21-34(22-24-37)33-12-4-2-5-13-33/h2-32H. The van der Waals surface area contributed by atoms with Gasteiger partial charge in [0.2, 0.25) is 0 Å². The second kappa shape index (κ2) is 13.9. The van der Waals surface area contributed by atoms with Crippen molar-refractivity contribution in [3.63, 3.8) is 0 Å². The van der Waals surface area contributed by atoms with Crippen LogP contribution < -0.4 is 0 Å². The second-order valence-electron chi connectivity index (χ2n) is 13.7. The van der Waals surface area contributed by atoms with Crippen molar-refractivity contribution in [2.75, 3.05) is 0 Å². The minimum atomic E-state index is 0.608. The molecule has 0 aliphatic rings. The summed E-state index contributed by atoms with van der Waals surface area (Å²) in [7, 11) is 0. The SMILES string of the molecule is [C-]#[N+]c1ccc(-c2cc3c4ccccc4c(-c4cccc(-c5nc(-c6ccccc6)nc(-c6ccc(-c7ccccc7)cc6)n5)c4)cc3c3cccnc23)cc1. The summed E-state index contributed by atoms with van der Waals surface area (Å²) in [5.74, 6) is 1.85. The summed E-state index contributed by atoms with van der Waals surface area (Å²) in [6, 6.07) is 62.4. The molecule has 0 amide bonds. The number of hydrogen-bond acceptors (Lipinski definition) is 4. The molecule has 10 rings (SSSR count). The average molecular weight is 714 g/mol. The summed E-state index contributed by atoms with van der Waals surface area (Å²) in [5.41, 5.74) is 10.8. The van der Waals surface area contributed by atoms with Crippen molar-refractivity contribution < 1.29 is 0 Å². The smallest absolute Gasteiger partial charge is 0.187 e. The van der Waals surface area contributed by atoms with E-state index >= 15 is 0 Å². The summed E-state index contributed by atoms with van der Waals surface area (Å²) < 4.78 is 0. The highest BCUT2D eigenvalue weighted by Crippen LogP contribution is 2.42. The molecule has 0 fully saturated rings. The predicted molar refractivity (Wildman–Crippen MR) is 229 cm³/mol. The van der Waals surface area contributed by atoms with E-state index < -0.39 is 0 Å². The lowest BCUT2D eigenvalue weighted by molar-refractivity contribution is 1.07. The van der Waals surface area contributed by atoms with Gasteiger partial charge >= 0.3 is 0 Å². The molecule has 0 aliphatic carbocycles. The van der Waals surface area contributed by atoms with E-state index in [1.54, 1.807) is 0 Å². The Kier molecular flexibility index (Phi) is 8.13. The zero-order valence-electron chi connectivity index (χ0n) is 30.1. The molecule has 0 N–H and O–H groups in total. The van der Waals surface area contributed by atoms with E-state index in [0.717, 1.165) is 82.5 Å². The molecule has 56 heavy (non-hydrogen) atoms. The highest BCUT2D eigenvalue weighted by Gasteiger charge is 2.17. The summed E-state index contributed by atoms with van der Waals surface area (Å²) in [5, 5.41) is 5.66. The molecule has 0 unspecified atom stereocenters. The molecule has 260 valence electrons. The van der Waals surface area contributed by atoms with Crippen LogP contribution in [0.1, 0.15) is 0 Å². The second-order valence-corrected chi connectivity index (χ2v) is 13.7. The van der Waals surface area contributed by atoms with Crippen LogP contribution in [0.25, 0.3) is 105 Å². The fourth-order valence-electron chi connectivity index (χ4n) is 7.62. The van der Waals surface area contributed by atoms with Crippen molar-refractivity contribution >= 4 is 38.1 Å². The van der Waals surface area contributed by atoms with Gasteiger partial charge < -0.3 is 0 Å². The Bertz CT molecular complexity index is 3110. The van der Waals surface area contributed by atoms with Gasteiger partial charge in [-0.3, -0.25) is 4.98 Å². The lowest BCUT2D eigenvalue weighted by Gasteiger charge is -2.16. The van der Waals surface area contributed by atoms with Gasteiger partial charge in [-0.2, -0.15) is 0 Å². The first-order valence-electron chi connectivity index (χ1n) is 18.5. The van der Waals surface area contributed by atoms with E-state index in [-0.39, 0.29) is 0 Å². The Hall–Kier alpha value is -7.81. The number of aromatic nitrogens is 4. The number of rotatable bonds is 6. The molecule has 0 aliphatic heterocycles. The molecule has 5 heteroatoms. The van der Waals surface area contributed by atoms with Crippen LogP contribution in [0, 0.1) is 6.57 Å². The van der Waals surface area contributed by atoms with E-state index in [2.05, 4.69) is 120 Å². The normalized spacial score (nSPS) is 11.2. The Morgan fingerprint density at radius 3 is 1.55 bits per heavy atom. The Morgan fingerprint density at radius 2 is 0.839 bits per heavy atom. The number of nitrogens with zero attached hydrogens (tertiary/aromatic N) is 5. The van der Waals surface area contributed by atoms with Crippen LogP contribution in [0.5, 0.6) is 0 Å². The van der Waals surface area contributed by atoms with Gasteiger partial charge in [0, 0.05) is 33.8 Å². The monoisotopic (exact) mass is 713 g/mol. The van der Waals surface area contributed by atoms with Crippen LogP contribution in [0.15, 0.2) is 188 Å². The Balaban J connectivity index is 1.13. The van der Waals surface area contributed by atoms with Gasteiger partial charge in [0.1, 0.15) is 0 Å². The summed E-state index contributed by atoms with van der Waals surface area (Å²) in [6.45, 7) is 7.43. The molecule has 0 spiro atoms. The zero-order valence-corrected chi connectivity index (χ0v) is 30.1. The van der Waals surface area contributed by atoms with Crippen LogP contribution >= 0.6 is 0 Å². The van der Waals surface area contributed by atoms with Gasteiger partial charge in [0.05, 0.1) is 12.1 Å². The highest BCUT2D eigenvalue weighted by molar-refractivity contribution is 6.23. The minimum Gasteiger partial charge on any atom is -0.256 e. The molecular weight excluding hydrogens is 683 g/mol. The third-order valence-electron chi connectivity index (χ3n) is 10.4. The van der Waals surface area contributed by atoms with E-state index in [1.807, 2.05) is 72.9 Å². The number of fused-ring (bicyclic) bond motifs is 5. The number of benzene rings is 8. The molecule has 5 nitrogen and oxygen atoms in total. The lowest BCUT2D eigenvalue weighted by Crippen LogP contribution is -2.00. The lowest BCUT2D eigenvalue weighted by atomic mass is 9.89.